The molecule has 0 bridgehead atoms. The highest BCUT2D eigenvalue weighted by atomic mass is 16.3. The van der Waals surface area contributed by atoms with Crippen LogP contribution in [0.25, 0.3) is 88.3 Å². The van der Waals surface area contributed by atoms with Crippen molar-refractivity contribution in [2.45, 2.75) is 19.3 Å². The molecule has 1 aromatic heterocycles. The summed E-state index contributed by atoms with van der Waals surface area (Å²) >= 11 is 0. The summed E-state index contributed by atoms with van der Waals surface area (Å²) in [5.74, 6) is 0. The first-order valence-electron chi connectivity index (χ1n) is 27.3. The van der Waals surface area contributed by atoms with Gasteiger partial charge in [0.25, 0.3) is 0 Å². The number of fused-ring (bicyclic) bond motifs is 8. The van der Waals surface area contributed by atoms with Crippen LogP contribution in [0, 0.1) is 0 Å². The molecular weight excluding hydrogens is 763 g/mol. The van der Waals surface area contributed by atoms with Crippen molar-refractivity contribution in [3.05, 3.63) is 235 Å². The number of hydrogen-bond acceptors (Lipinski definition) is 2. The maximum absolute atomic E-state index is 9.68. The van der Waals surface area contributed by atoms with E-state index in [4.69, 9.17) is 16.8 Å². The summed E-state index contributed by atoms with van der Waals surface area (Å²) in [7, 11) is 0. The summed E-state index contributed by atoms with van der Waals surface area (Å²) in [5.41, 5.74) is 8.44. The summed E-state index contributed by atoms with van der Waals surface area (Å²) < 4.78 is 123. The van der Waals surface area contributed by atoms with E-state index in [9.17, 15) is 5.48 Å². The highest BCUT2D eigenvalue weighted by Crippen LogP contribution is 2.52. The Morgan fingerprint density at radius 3 is 1.68 bits per heavy atom. The lowest BCUT2D eigenvalue weighted by Gasteiger charge is -2.27. The van der Waals surface area contributed by atoms with Gasteiger partial charge in [0, 0.05) is 38.6 Å². The van der Waals surface area contributed by atoms with E-state index in [1.54, 1.807) is 4.90 Å². The number of benzene rings is 10. The molecule has 0 saturated carbocycles. The molecule has 2 heteroatoms. The van der Waals surface area contributed by atoms with Crippen LogP contribution in [0.2, 0.25) is 0 Å². The molecule has 10 aromatic carbocycles. The minimum atomic E-state index is -0.777. The molecule has 298 valence electrons. The number of rotatable bonds is 7. The van der Waals surface area contributed by atoms with Crippen molar-refractivity contribution in [2.24, 2.45) is 0 Å². The van der Waals surface area contributed by atoms with Gasteiger partial charge in [0.2, 0.25) is 0 Å². The van der Waals surface area contributed by atoms with Crippen LogP contribution in [0.15, 0.2) is 229 Å². The molecule has 0 spiro atoms. The van der Waals surface area contributed by atoms with Gasteiger partial charge in [0.1, 0.15) is 11.2 Å². The van der Waals surface area contributed by atoms with E-state index in [2.05, 4.69) is 62.4 Å². The van der Waals surface area contributed by atoms with Crippen molar-refractivity contribution >= 4 is 49.8 Å². The maximum atomic E-state index is 9.68. The SMILES string of the molecule is [2H]c1c([2H])c([2H])c(-c2c([2H])c([2H])c(-c3c([2H])c([2H])c(N(c4ccc(-c5cccc6c5C(C)(C)c5ccccc5-6)cc4)c4ccc(-c5cccc6oc7c8ccccc8ccc7c56)cc4)c([2H])c3[2H])c([2H])c2[2H])c([2H])c1[2H]. The standard InChI is InChI=1S/C61H43NO/c1-61(2)56-20-9-8-16-53(56)54-19-10-18-51(59(54)61)46-30-37-49(38-31-46)62(47-33-26-43(27-34-47)42-24-22-41(23-25-42)40-12-4-3-5-13-40)48-35-28-45(29-36-48)50-17-11-21-57-58(50)55-39-32-44-14-6-7-15-52(44)60(55)63-57/h3-39H,1-2H3/i3D,4D,5D,12D,13D,22D,23D,24D,25D,26D,27D,33D,34D. The Morgan fingerprint density at radius 2 is 0.968 bits per heavy atom. The van der Waals surface area contributed by atoms with Gasteiger partial charge in [-0.25, -0.2) is 0 Å². The number of hydrogen-bond donors (Lipinski definition) is 0. The predicted octanol–water partition coefficient (Wildman–Crippen LogP) is 17.2. The molecule has 1 aliphatic carbocycles. The Bertz CT molecular complexity index is 4210. The van der Waals surface area contributed by atoms with Gasteiger partial charge in [-0.15, -0.1) is 0 Å². The van der Waals surface area contributed by atoms with Gasteiger partial charge in [-0.1, -0.05) is 190 Å². The third-order valence-electron chi connectivity index (χ3n) is 12.3. The zero-order valence-corrected chi connectivity index (χ0v) is 34.2. The molecule has 0 N–H and O–H groups in total. The van der Waals surface area contributed by atoms with Crippen LogP contribution in [0.1, 0.15) is 42.8 Å². The van der Waals surface area contributed by atoms with E-state index in [1.807, 2.05) is 97.1 Å². The Hall–Kier alpha value is -7.94. The topological polar surface area (TPSA) is 16.4 Å². The van der Waals surface area contributed by atoms with Crippen molar-refractivity contribution in [1.29, 1.82) is 0 Å². The van der Waals surface area contributed by atoms with Crippen LogP contribution in [0.5, 0.6) is 0 Å². The smallest absolute Gasteiger partial charge is 0.143 e. The third-order valence-corrected chi connectivity index (χ3v) is 12.3. The van der Waals surface area contributed by atoms with Crippen LogP contribution in [-0.4, -0.2) is 0 Å². The van der Waals surface area contributed by atoms with Crippen molar-refractivity contribution in [3.8, 4) is 55.6 Å². The fraction of sp³-hybridized carbons (Fsp3) is 0.0492. The summed E-state index contributed by atoms with van der Waals surface area (Å²) in [6, 6.07) is 39.1. The van der Waals surface area contributed by atoms with E-state index >= 15 is 0 Å². The monoisotopic (exact) mass is 818 g/mol. The third kappa shape index (κ3) is 6.09. The van der Waals surface area contributed by atoms with Gasteiger partial charge >= 0.3 is 0 Å². The molecule has 0 amide bonds. The van der Waals surface area contributed by atoms with Crippen LogP contribution in [0.4, 0.5) is 17.1 Å². The largest absolute Gasteiger partial charge is 0.455 e. The van der Waals surface area contributed by atoms with Crippen LogP contribution in [0.3, 0.4) is 0 Å². The van der Waals surface area contributed by atoms with Gasteiger partial charge in [0.05, 0.1) is 17.8 Å². The zero-order chi connectivity index (χ0) is 53.4. The normalized spacial score (nSPS) is 15.6. The fourth-order valence-electron chi connectivity index (χ4n) is 9.35. The molecule has 0 fully saturated rings. The molecule has 0 aliphatic heterocycles. The fourth-order valence-corrected chi connectivity index (χ4v) is 9.35. The second-order valence-electron chi connectivity index (χ2n) is 16.2. The quantitative estimate of drug-likeness (QED) is 0.159. The summed E-state index contributed by atoms with van der Waals surface area (Å²) in [5, 5.41) is 3.96. The predicted molar refractivity (Wildman–Crippen MR) is 265 cm³/mol. The minimum Gasteiger partial charge on any atom is -0.455 e. The summed E-state index contributed by atoms with van der Waals surface area (Å²) in [4.78, 5) is 1.64. The lowest BCUT2D eigenvalue weighted by atomic mass is 9.79. The molecule has 2 nitrogen and oxygen atoms in total. The molecule has 0 radical (unpaired) electrons. The first kappa shape index (κ1) is 25.7. The van der Waals surface area contributed by atoms with Crippen molar-refractivity contribution in [1.82, 2.24) is 0 Å². The number of nitrogens with zero attached hydrogens (tertiary/aromatic N) is 1. The van der Waals surface area contributed by atoms with E-state index in [1.165, 1.54) is 16.7 Å². The average molecular weight is 819 g/mol. The van der Waals surface area contributed by atoms with E-state index in [0.29, 0.717) is 11.4 Å². The van der Waals surface area contributed by atoms with Gasteiger partial charge < -0.3 is 9.32 Å². The molecule has 0 saturated heterocycles. The van der Waals surface area contributed by atoms with E-state index in [0.717, 1.165) is 60.5 Å². The van der Waals surface area contributed by atoms with E-state index in [-0.39, 0.29) is 11.1 Å². The second-order valence-corrected chi connectivity index (χ2v) is 16.2. The molecule has 11 aromatic rings. The van der Waals surface area contributed by atoms with Gasteiger partial charge in [-0.3, -0.25) is 0 Å². The molecule has 0 unspecified atom stereocenters. The summed E-state index contributed by atoms with van der Waals surface area (Å²) in [6.07, 6.45) is 0. The van der Waals surface area contributed by atoms with Crippen LogP contribution < -0.4 is 4.90 Å². The lowest BCUT2D eigenvalue weighted by molar-refractivity contribution is 0.662. The zero-order valence-electron chi connectivity index (χ0n) is 47.2. The highest BCUT2D eigenvalue weighted by molar-refractivity contribution is 6.19. The maximum Gasteiger partial charge on any atom is 0.143 e. The molecule has 0 atom stereocenters. The summed E-state index contributed by atoms with van der Waals surface area (Å²) in [6.45, 7) is 4.45. The average Bonchev–Trinajstić information content (AvgIpc) is 3.99. The van der Waals surface area contributed by atoms with Gasteiger partial charge in [-0.05, 0) is 121 Å². The van der Waals surface area contributed by atoms with Crippen LogP contribution in [-0.2, 0) is 5.41 Å². The van der Waals surface area contributed by atoms with Crippen molar-refractivity contribution in [3.63, 3.8) is 0 Å². The van der Waals surface area contributed by atoms with Gasteiger partial charge in [0.15, 0.2) is 0 Å². The Morgan fingerprint density at radius 1 is 0.413 bits per heavy atom. The molecule has 1 aliphatic rings. The van der Waals surface area contributed by atoms with Gasteiger partial charge in [-0.2, -0.15) is 0 Å². The van der Waals surface area contributed by atoms with E-state index < -0.39 is 101 Å². The Kier molecular flexibility index (Phi) is 5.97. The highest BCUT2D eigenvalue weighted by Gasteiger charge is 2.37. The Balaban J connectivity index is 1.02. The number of anilines is 3. The lowest BCUT2D eigenvalue weighted by Crippen LogP contribution is -2.16. The number of furan rings is 1. The Labute approximate surface area is 386 Å². The minimum absolute atomic E-state index is 0.141. The molecular formula is C61H43NO. The van der Waals surface area contributed by atoms with Crippen molar-refractivity contribution in [2.75, 3.05) is 4.90 Å². The first-order chi connectivity index (χ1) is 36.4. The molecule has 63 heavy (non-hydrogen) atoms. The van der Waals surface area contributed by atoms with Crippen LogP contribution >= 0.6 is 0 Å². The molecule has 1 heterocycles. The van der Waals surface area contributed by atoms with Crippen molar-refractivity contribution < 1.29 is 22.2 Å². The first-order valence-corrected chi connectivity index (χ1v) is 20.8. The molecule has 12 rings (SSSR count). The second kappa shape index (κ2) is 14.6.